The molecule has 10 nitrogen and oxygen atoms in total. The molecule has 3 aliphatic rings. The minimum Gasteiger partial charge on any atom is -0.427 e. The van der Waals surface area contributed by atoms with Crippen molar-refractivity contribution in [1.29, 1.82) is 0 Å². The summed E-state index contributed by atoms with van der Waals surface area (Å²) >= 11 is 0. The first-order chi connectivity index (χ1) is 18.6. The van der Waals surface area contributed by atoms with Gasteiger partial charge in [0.15, 0.2) is 0 Å². The molecule has 2 atom stereocenters. The number of carbonyl (C=O) groups is 5. The predicted molar refractivity (Wildman–Crippen MR) is 137 cm³/mol. The molecule has 5 rings (SSSR count). The number of likely N-dealkylation sites (tertiary alicyclic amines) is 1. The molecule has 2 aliphatic heterocycles. The fraction of sp³-hybridized carbons (Fsp3) is 0.393. The van der Waals surface area contributed by atoms with Gasteiger partial charge in [0.05, 0.1) is 6.04 Å². The molecular formula is C28H29FN4O6. The van der Waals surface area contributed by atoms with Gasteiger partial charge in [0.2, 0.25) is 23.3 Å². The lowest BCUT2D eigenvalue weighted by atomic mass is 9.94. The van der Waals surface area contributed by atoms with E-state index in [1.807, 2.05) is 0 Å². The number of imide groups is 1. The van der Waals surface area contributed by atoms with Crippen molar-refractivity contribution < 1.29 is 33.1 Å². The lowest BCUT2D eigenvalue weighted by Gasteiger charge is -2.30. The van der Waals surface area contributed by atoms with Crippen LogP contribution in [0.4, 0.5) is 14.9 Å². The third kappa shape index (κ3) is 4.96. The first-order valence-electron chi connectivity index (χ1n) is 12.8. The maximum absolute atomic E-state index is 13.6. The quantitative estimate of drug-likeness (QED) is 0.607. The van der Waals surface area contributed by atoms with Gasteiger partial charge in [-0.15, -0.1) is 0 Å². The standard InChI is InChI=1S/C28H29FN4O6/c1-17(34)30-22-7-8-24-20(13-22)9-11-28(24)26(37)33(27(38)39-28)16-25(36)32(14-19-3-5-21(29)6-4-19)23-10-12-31(15-23)18(2)35/h3-8,13,23H,9-12,14-16H2,1-2H3,(H,30,34)/t23-,28-/m1/s1. The second-order valence-corrected chi connectivity index (χ2v) is 10.2. The number of aryl methyl sites for hydroxylation is 1. The summed E-state index contributed by atoms with van der Waals surface area (Å²) in [5.74, 6) is -1.82. The van der Waals surface area contributed by atoms with E-state index in [2.05, 4.69) is 5.32 Å². The molecule has 1 N–H and O–H groups in total. The molecule has 2 heterocycles. The van der Waals surface area contributed by atoms with E-state index in [4.69, 9.17) is 4.74 Å². The number of benzene rings is 2. The first kappa shape index (κ1) is 26.3. The maximum atomic E-state index is 13.6. The highest BCUT2D eigenvalue weighted by molar-refractivity contribution is 6.06. The SMILES string of the molecule is CC(=O)Nc1ccc2c(c1)CC[C@@]21OC(=O)N(CC(=O)N(Cc2ccc(F)cc2)[C@@H]2CCN(C(C)=O)C2)C1=O. The van der Waals surface area contributed by atoms with E-state index < -0.39 is 35.9 Å². The number of halogens is 1. The van der Waals surface area contributed by atoms with Crippen LogP contribution in [-0.4, -0.2) is 70.1 Å². The maximum Gasteiger partial charge on any atom is 0.418 e. The number of ether oxygens (including phenoxy) is 1. The summed E-state index contributed by atoms with van der Waals surface area (Å²) in [6.07, 6.45) is 0.337. The number of amides is 5. The highest BCUT2D eigenvalue weighted by Crippen LogP contribution is 2.46. The van der Waals surface area contributed by atoms with Crippen LogP contribution in [0.25, 0.3) is 0 Å². The second-order valence-electron chi connectivity index (χ2n) is 10.2. The number of anilines is 1. The topological polar surface area (TPSA) is 116 Å². The van der Waals surface area contributed by atoms with Gasteiger partial charge in [0.1, 0.15) is 12.4 Å². The molecule has 0 bridgehead atoms. The Labute approximate surface area is 224 Å². The van der Waals surface area contributed by atoms with E-state index in [0.717, 1.165) is 10.5 Å². The molecule has 0 unspecified atom stereocenters. The van der Waals surface area contributed by atoms with Crippen molar-refractivity contribution in [2.45, 2.75) is 51.3 Å². The number of hydrogen-bond acceptors (Lipinski definition) is 6. The number of rotatable bonds is 6. The molecule has 2 fully saturated rings. The van der Waals surface area contributed by atoms with E-state index in [1.54, 1.807) is 40.1 Å². The number of hydrogen-bond donors (Lipinski definition) is 1. The zero-order valence-corrected chi connectivity index (χ0v) is 21.7. The van der Waals surface area contributed by atoms with Crippen LogP contribution >= 0.6 is 0 Å². The van der Waals surface area contributed by atoms with Crippen molar-refractivity contribution in [2.24, 2.45) is 0 Å². The van der Waals surface area contributed by atoms with Crippen LogP contribution in [0.5, 0.6) is 0 Å². The molecule has 11 heteroatoms. The Kier molecular flexibility index (Phi) is 6.83. The summed E-state index contributed by atoms with van der Waals surface area (Å²) in [5, 5.41) is 2.70. The van der Waals surface area contributed by atoms with Crippen molar-refractivity contribution in [2.75, 3.05) is 25.0 Å². The molecule has 2 saturated heterocycles. The summed E-state index contributed by atoms with van der Waals surface area (Å²) in [5.41, 5.74) is 1.07. The zero-order valence-electron chi connectivity index (χ0n) is 21.7. The summed E-state index contributed by atoms with van der Waals surface area (Å²) in [7, 11) is 0. The van der Waals surface area contributed by atoms with Gasteiger partial charge in [-0.05, 0) is 48.2 Å². The summed E-state index contributed by atoms with van der Waals surface area (Å²) in [6.45, 7) is 3.29. The molecule has 0 radical (unpaired) electrons. The van der Waals surface area contributed by atoms with Crippen molar-refractivity contribution in [3.63, 3.8) is 0 Å². The molecule has 5 amide bonds. The number of fused-ring (bicyclic) bond motifs is 2. The highest BCUT2D eigenvalue weighted by Gasteiger charge is 2.58. The minimum absolute atomic E-state index is 0.103. The molecule has 204 valence electrons. The van der Waals surface area contributed by atoms with Crippen LogP contribution in [0.2, 0.25) is 0 Å². The van der Waals surface area contributed by atoms with Crippen molar-refractivity contribution in [1.82, 2.24) is 14.7 Å². The predicted octanol–water partition coefficient (Wildman–Crippen LogP) is 2.55. The zero-order chi connectivity index (χ0) is 27.9. The van der Waals surface area contributed by atoms with Gasteiger partial charge in [0, 0.05) is 51.2 Å². The van der Waals surface area contributed by atoms with Crippen molar-refractivity contribution >= 4 is 35.4 Å². The van der Waals surface area contributed by atoms with Gasteiger partial charge in [-0.1, -0.05) is 18.2 Å². The van der Waals surface area contributed by atoms with Gasteiger partial charge in [-0.3, -0.25) is 19.2 Å². The van der Waals surface area contributed by atoms with Gasteiger partial charge in [0.25, 0.3) is 5.91 Å². The van der Waals surface area contributed by atoms with E-state index >= 15 is 0 Å². The third-order valence-corrected chi connectivity index (χ3v) is 7.61. The smallest absolute Gasteiger partial charge is 0.418 e. The lowest BCUT2D eigenvalue weighted by molar-refractivity contribution is -0.143. The largest absolute Gasteiger partial charge is 0.427 e. The molecule has 1 aliphatic carbocycles. The summed E-state index contributed by atoms with van der Waals surface area (Å²) in [4.78, 5) is 67.6. The average Bonchev–Trinajstić information content (AvgIpc) is 3.57. The van der Waals surface area contributed by atoms with Gasteiger partial charge in [-0.2, -0.15) is 0 Å². The Morgan fingerprint density at radius 1 is 1.13 bits per heavy atom. The van der Waals surface area contributed by atoms with Crippen LogP contribution in [0, 0.1) is 5.82 Å². The van der Waals surface area contributed by atoms with Crippen LogP contribution in [0.15, 0.2) is 42.5 Å². The lowest BCUT2D eigenvalue weighted by Crippen LogP contribution is -2.48. The number of nitrogens with one attached hydrogen (secondary N) is 1. The van der Waals surface area contributed by atoms with E-state index in [9.17, 15) is 28.4 Å². The summed E-state index contributed by atoms with van der Waals surface area (Å²) < 4.78 is 19.1. The van der Waals surface area contributed by atoms with Crippen molar-refractivity contribution in [3.05, 3.63) is 65.0 Å². The van der Waals surface area contributed by atoms with Gasteiger partial charge < -0.3 is 19.9 Å². The normalized spacial score (nSPS) is 21.8. The Hall–Kier alpha value is -4.28. The molecule has 2 aromatic rings. The van der Waals surface area contributed by atoms with E-state index in [0.29, 0.717) is 42.7 Å². The molecule has 39 heavy (non-hydrogen) atoms. The molecule has 0 aromatic heterocycles. The first-order valence-corrected chi connectivity index (χ1v) is 12.8. The monoisotopic (exact) mass is 536 g/mol. The number of nitrogens with zero attached hydrogens (tertiary/aromatic N) is 3. The Morgan fingerprint density at radius 2 is 1.87 bits per heavy atom. The molecule has 2 aromatic carbocycles. The summed E-state index contributed by atoms with van der Waals surface area (Å²) in [6, 6.07) is 10.5. The Balaban J connectivity index is 1.37. The minimum atomic E-state index is -1.51. The fourth-order valence-electron chi connectivity index (χ4n) is 5.65. The van der Waals surface area contributed by atoms with Crippen LogP contribution in [-0.2, 0) is 42.5 Å². The van der Waals surface area contributed by atoms with Gasteiger partial charge >= 0.3 is 6.09 Å². The van der Waals surface area contributed by atoms with Gasteiger partial charge in [-0.25, -0.2) is 14.1 Å². The number of carbonyl (C=O) groups excluding carboxylic acids is 5. The van der Waals surface area contributed by atoms with Crippen LogP contribution < -0.4 is 5.32 Å². The average molecular weight is 537 g/mol. The van der Waals surface area contributed by atoms with Crippen molar-refractivity contribution in [3.8, 4) is 0 Å². The third-order valence-electron chi connectivity index (χ3n) is 7.61. The van der Waals surface area contributed by atoms with Crippen LogP contribution in [0.1, 0.15) is 43.4 Å². The van der Waals surface area contributed by atoms with E-state index in [1.165, 1.54) is 26.0 Å². The molecule has 1 spiro atoms. The Bertz CT molecular complexity index is 1360. The molecular weight excluding hydrogens is 507 g/mol. The van der Waals surface area contributed by atoms with E-state index in [-0.39, 0.29) is 30.8 Å². The van der Waals surface area contributed by atoms with Crippen LogP contribution in [0.3, 0.4) is 0 Å². The fourth-order valence-corrected chi connectivity index (χ4v) is 5.65. The highest BCUT2D eigenvalue weighted by atomic mass is 19.1. The second kappa shape index (κ2) is 10.1. The Morgan fingerprint density at radius 3 is 2.54 bits per heavy atom. The molecule has 0 saturated carbocycles.